The maximum atomic E-state index is 12.2. The van der Waals surface area contributed by atoms with Crippen LogP contribution >= 0.6 is 0 Å². The van der Waals surface area contributed by atoms with E-state index in [2.05, 4.69) is 15.6 Å². The minimum absolute atomic E-state index is 0.0419. The van der Waals surface area contributed by atoms with E-state index in [0.29, 0.717) is 12.5 Å². The molecule has 5 heteroatoms. The lowest BCUT2D eigenvalue weighted by atomic mass is 9.80. The van der Waals surface area contributed by atoms with Gasteiger partial charge in [0, 0.05) is 12.7 Å². The van der Waals surface area contributed by atoms with Crippen molar-refractivity contribution in [2.45, 2.75) is 56.6 Å². The minimum Gasteiger partial charge on any atom is -0.388 e. The van der Waals surface area contributed by atoms with Crippen LogP contribution in [0.2, 0.25) is 0 Å². The van der Waals surface area contributed by atoms with Gasteiger partial charge in [-0.15, -0.1) is 0 Å². The Kier molecular flexibility index (Phi) is 4.62. The molecule has 0 aliphatic heterocycles. The van der Waals surface area contributed by atoms with Crippen LogP contribution in [-0.4, -0.2) is 28.3 Å². The Morgan fingerprint density at radius 1 is 1.32 bits per heavy atom. The summed E-state index contributed by atoms with van der Waals surface area (Å²) in [7, 11) is 0. The number of hydrogen-bond acceptors (Lipinski definition) is 3. The zero-order chi connectivity index (χ0) is 15.4. The number of pyridine rings is 1. The number of amides is 2. The van der Waals surface area contributed by atoms with E-state index in [-0.39, 0.29) is 12.1 Å². The number of rotatable bonds is 5. The minimum atomic E-state index is -0.689. The normalized spacial score (nSPS) is 21.9. The van der Waals surface area contributed by atoms with Gasteiger partial charge in [-0.1, -0.05) is 18.9 Å². The molecule has 0 saturated heterocycles. The predicted molar refractivity (Wildman–Crippen MR) is 84.3 cm³/mol. The highest BCUT2D eigenvalue weighted by Gasteiger charge is 2.35. The summed E-state index contributed by atoms with van der Waals surface area (Å²) in [5.41, 5.74) is 0.234. The first kappa shape index (κ1) is 15.3. The van der Waals surface area contributed by atoms with Crippen LogP contribution in [0.3, 0.4) is 0 Å². The Labute approximate surface area is 131 Å². The smallest absolute Gasteiger partial charge is 0.315 e. The molecule has 1 aromatic heterocycles. The molecule has 2 saturated carbocycles. The quantitative estimate of drug-likeness (QED) is 0.782. The first-order valence-electron chi connectivity index (χ1n) is 8.34. The molecule has 0 unspecified atom stereocenters. The second-order valence-electron chi connectivity index (χ2n) is 6.68. The molecule has 0 bridgehead atoms. The molecule has 22 heavy (non-hydrogen) atoms. The summed E-state index contributed by atoms with van der Waals surface area (Å²) in [5.74, 6) is 0.451. The van der Waals surface area contributed by atoms with E-state index >= 15 is 0 Å². The Hall–Kier alpha value is -1.62. The average Bonchev–Trinajstić information content (AvgIpc) is 3.03. The number of carbonyl (C=O) groups excluding carboxylic acids is 1. The zero-order valence-corrected chi connectivity index (χ0v) is 12.9. The molecule has 1 heterocycles. The van der Waals surface area contributed by atoms with Gasteiger partial charge in [-0.3, -0.25) is 4.98 Å². The molecule has 0 radical (unpaired) electrons. The maximum Gasteiger partial charge on any atom is 0.315 e. The highest BCUT2D eigenvalue weighted by Crippen LogP contribution is 2.35. The number of carbonyl (C=O) groups is 1. The molecule has 2 aliphatic carbocycles. The van der Waals surface area contributed by atoms with Crippen molar-refractivity contribution >= 4 is 6.03 Å². The molecule has 0 aromatic carbocycles. The van der Waals surface area contributed by atoms with Crippen molar-refractivity contribution in [1.29, 1.82) is 0 Å². The van der Waals surface area contributed by atoms with Crippen molar-refractivity contribution < 1.29 is 9.90 Å². The average molecular weight is 303 g/mol. The van der Waals surface area contributed by atoms with E-state index < -0.39 is 5.60 Å². The fourth-order valence-corrected chi connectivity index (χ4v) is 3.48. The molecule has 120 valence electrons. The third-order valence-corrected chi connectivity index (χ3v) is 5.03. The standard InChI is InChI=1S/C17H25N3O2/c21-16(19-12-17(22)9-5-10-17)20-15(13-6-1-2-7-13)14-8-3-4-11-18-14/h3-4,8,11,13,15,22H,1-2,5-7,9-10,12H2,(H2,19,20,21)/t15-/m0/s1. The third kappa shape index (κ3) is 3.58. The van der Waals surface area contributed by atoms with Crippen LogP contribution in [0, 0.1) is 5.92 Å². The lowest BCUT2D eigenvalue weighted by Crippen LogP contribution is -2.51. The second-order valence-corrected chi connectivity index (χ2v) is 6.68. The Morgan fingerprint density at radius 3 is 2.68 bits per heavy atom. The Bertz CT molecular complexity index is 496. The third-order valence-electron chi connectivity index (χ3n) is 5.03. The molecular formula is C17H25N3O2. The molecule has 2 fully saturated rings. The van der Waals surface area contributed by atoms with Gasteiger partial charge >= 0.3 is 6.03 Å². The fourth-order valence-electron chi connectivity index (χ4n) is 3.48. The highest BCUT2D eigenvalue weighted by atomic mass is 16.3. The summed E-state index contributed by atoms with van der Waals surface area (Å²) in [6.07, 6.45) is 9.07. The summed E-state index contributed by atoms with van der Waals surface area (Å²) >= 11 is 0. The molecular weight excluding hydrogens is 278 g/mol. The fraction of sp³-hybridized carbons (Fsp3) is 0.647. The van der Waals surface area contributed by atoms with Gasteiger partial charge in [-0.2, -0.15) is 0 Å². The van der Waals surface area contributed by atoms with Crippen molar-refractivity contribution in [3.05, 3.63) is 30.1 Å². The van der Waals surface area contributed by atoms with Crippen LogP contribution in [-0.2, 0) is 0 Å². The topological polar surface area (TPSA) is 74.2 Å². The number of urea groups is 1. The summed E-state index contributed by atoms with van der Waals surface area (Å²) in [6, 6.07) is 5.58. The molecule has 2 amide bonds. The summed E-state index contributed by atoms with van der Waals surface area (Å²) < 4.78 is 0. The Balaban J connectivity index is 1.60. The van der Waals surface area contributed by atoms with E-state index in [1.165, 1.54) is 12.8 Å². The first-order chi connectivity index (χ1) is 10.7. The van der Waals surface area contributed by atoms with Crippen molar-refractivity contribution in [1.82, 2.24) is 15.6 Å². The first-order valence-corrected chi connectivity index (χ1v) is 8.34. The van der Waals surface area contributed by atoms with E-state index in [0.717, 1.165) is 37.8 Å². The summed E-state index contributed by atoms with van der Waals surface area (Å²) in [4.78, 5) is 16.6. The molecule has 1 atom stereocenters. The van der Waals surface area contributed by atoms with Gasteiger partial charge in [-0.05, 0) is 50.2 Å². The van der Waals surface area contributed by atoms with E-state index in [4.69, 9.17) is 0 Å². The molecule has 0 spiro atoms. The number of nitrogens with zero attached hydrogens (tertiary/aromatic N) is 1. The maximum absolute atomic E-state index is 12.2. The van der Waals surface area contributed by atoms with Crippen molar-refractivity contribution in [3.63, 3.8) is 0 Å². The molecule has 2 aliphatic rings. The number of aromatic nitrogens is 1. The van der Waals surface area contributed by atoms with Gasteiger partial charge in [0.05, 0.1) is 17.3 Å². The molecule has 5 nitrogen and oxygen atoms in total. The van der Waals surface area contributed by atoms with E-state index in [1.54, 1.807) is 6.20 Å². The van der Waals surface area contributed by atoms with Crippen LogP contribution in [0.15, 0.2) is 24.4 Å². The predicted octanol–water partition coefficient (Wildman–Crippen LogP) is 2.53. The summed E-state index contributed by atoms with van der Waals surface area (Å²) in [6.45, 7) is 0.332. The lowest BCUT2D eigenvalue weighted by Gasteiger charge is -2.36. The van der Waals surface area contributed by atoms with Crippen LogP contribution < -0.4 is 10.6 Å². The van der Waals surface area contributed by atoms with Crippen LogP contribution in [0.4, 0.5) is 4.79 Å². The molecule has 3 rings (SSSR count). The van der Waals surface area contributed by atoms with Gasteiger partial charge in [-0.25, -0.2) is 4.79 Å². The largest absolute Gasteiger partial charge is 0.388 e. The number of nitrogens with one attached hydrogen (secondary N) is 2. The number of hydrogen-bond donors (Lipinski definition) is 3. The van der Waals surface area contributed by atoms with Crippen molar-refractivity contribution in [2.24, 2.45) is 5.92 Å². The van der Waals surface area contributed by atoms with Crippen LogP contribution in [0.5, 0.6) is 0 Å². The van der Waals surface area contributed by atoms with Gasteiger partial charge in [0.1, 0.15) is 0 Å². The van der Waals surface area contributed by atoms with E-state index in [9.17, 15) is 9.90 Å². The summed E-state index contributed by atoms with van der Waals surface area (Å²) in [5, 5.41) is 16.0. The van der Waals surface area contributed by atoms with Gasteiger partial charge < -0.3 is 15.7 Å². The zero-order valence-electron chi connectivity index (χ0n) is 12.9. The monoisotopic (exact) mass is 303 g/mol. The van der Waals surface area contributed by atoms with Gasteiger partial charge in [0.15, 0.2) is 0 Å². The van der Waals surface area contributed by atoms with Crippen molar-refractivity contribution in [3.8, 4) is 0 Å². The molecule has 1 aromatic rings. The van der Waals surface area contributed by atoms with Crippen LogP contribution in [0.25, 0.3) is 0 Å². The lowest BCUT2D eigenvalue weighted by molar-refractivity contribution is -0.0290. The highest BCUT2D eigenvalue weighted by molar-refractivity contribution is 5.74. The van der Waals surface area contributed by atoms with E-state index in [1.807, 2.05) is 18.2 Å². The second kappa shape index (κ2) is 6.65. The van der Waals surface area contributed by atoms with Crippen LogP contribution in [0.1, 0.15) is 56.7 Å². The number of aliphatic hydroxyl groups is 1. The molecule has 3 N–H and O–H groups in total. The van der Waals surface area contributed by atoms with Gasteiger partial charge in [0.25, 0.3) is 0 Å². The van der Waals surface area contributed by atoms with Gasteiger partial charge in [0.2, 0.25) is 0 Å². The van der Waals surface area contributed by atoms with Crippen molar-refractivity contribution in [2.75, 3.05) is 6.54 Å². The SMILES string of the molecule is O=C(NCC1(O)CCC1)N[C@H](c1ccccn1)C1CCCC1. The Morgan fingerprint density at radius 2 is 2.09 bits per heavy atom.